The van der Waals surface area contributed by atoms with Gasteiger partial charge in [-0.25, -0.2) is 0 Å². The van der Waals surface area contributed by atoms with Crippen molar-refractivity contribution in [2.45, 2.75) is 64.9 Å². The molecule has 0 bridgehead atoms. The molecule has 0 radical (unpaired) electrons. The number of amides is 1. The molecule has 2 fully saturated rings. The van der Waals surface area contributed by atoms with Crippen molar-refractivity contribution in [2.75, 3.05) is 46.6 Å². The summed E-state index contributed by atoms with van der Waals surface area (Å²) in [5, 5.41) is 21.1. The van der Waals surface area contributed by atoms with Crippen LogP contribution in [0.2, 0.25) is 0 Å². The van der Waals surface area contributed by atoms with Gasteiger partial charge in [-0.3, -0.25) is 15.0 Å². The summed E-state index contributed by atoms with van der Waals surface area (Å²) in [5.74, 6) is -0.742. The molecule has 3 N–H and O–H groups in total. The van der Waals surface area contributed by atoms with E-state index in [2.05, 4.69) is 5.32 Å². The van der Waals surface area contributed by atoms with E-state index in [4.69, 9.17) is 24.4 Å². The standard InChI is InChI=1S/C22H39N3O6/c1-21(2,15-31-19-8-6-7-9-30-19)17(23)12-18(26)24-20(27)22(3,4)25(5)13-16-14-28-10-11-29-16/h12,16,19,23,26H,6-11,13-15H2,1-5H3,(H,24,27)/b18-12-,23-17?. The van der Waals surface area contributed by atoms with E-state index >= 15 is 0 Å². The van der Waals surface area contributed by atoms with Gasteiger partial charge in [-0.05, 0) is 40.2 Å². The number of rotatable bonds is 10. The third-order valence-corrected chi connectivity index (χ3v) is 5.89. The number of aliphatic hydroxyl groups is 1. The zero-order chi connectivity index (χ0) is 23.1. The van der Waals surface area contributed by atoms with Gasteiger partial charge in [-0.15, -0.1) is 0 Å². The van der Waals surface area contributed by atoms with E-state index in [0.29, 0.717) is 33.0 Å². The molecule has 9 nitrogen and oxygen atoms in total. The smallest absolute Gasteiger partial charge is 0.246 e. The molecule has 2 aliphatic heterocycles. The maximum atomic E-state index is 12.8. The third kappa shape index (κ3) is 7.84. The molecule has 0 aromatic carbocycles. The van der Waals surface area contributed by atoms with Gasteiger partial charge in [0.2, 0.25) is 5.91 Å². The summed E-state index contributed by atoms with van der Waals surface area (Å²) in [4.78, 5) is 14.6. The highest BCUT2D eigenvalue weighted by atomic mass is 16.7. The van der Waals surface area contributed by atoms with Crippen LogP contribution in [0.4, 0.5) is 0 Å². The number of allylic oxidation sites excluding steroid dienone is 1. The van der Waals surface area contributed by atoms with Gasteiger partial charge in [0.1, 0.15) is 0 Å². The molecule has 2 aliphatic rings. The normalized spacial score (nSPS) is 23.6. The van der Waals surface area contributed by atoms with Crippen molar-refractivity contribution < 1.29 is 28.8 Å². The first-order valence-corrected chi connectivity index (χ1v) is 11.0. The SMILES string of the molecule is CN(CC1COCCO1)C(C)(C)C(=O)N/C(O)=C/C(=N)C(C)(C)COC1CCCCO1. The van der Waals surface area contributed by atoms with Crippen molar-refractivity contribution in [1.29, 1.82) is 5.41 Å². The molecule has 0 aliphatic carbocycles. The van der Waals surface area contributed by atoms with E-state index in [-0.39, 0.29) is 36.5 Å². The predicted octanol–water partition coefficient (Wildman–Crippen LogP) is 2.22. The molecule has 2 heterocycles. The van der Waals surface area contributed by atoms with Gasteiger partial charge in [0.05, 0.1) is 38.1 Å². The second kappa shape index (κ2) is 11.4. The van der Waals surface area contributed by atoms with Crippen LogP contribution in [0.25, 0.3) is 0 Å². The van der Waals surface area contributed by atoms with Crippen molar-refractivity contribution in [3.8, 4) is 0 Å². The van der Waals surface area contributed by atoms with Crippen molar-refractivity contribution >= 4 is 11.6 Å². The summed E-state index contributed by atoms with van der Waals surface area (Å²) in [6, 6.07) is 0. The molecule has 1 amide bonds. The van der Waals surface area contributed by atoms with Crippen LogP contribution >= 0.6 is 0 Å². The first-order valence-electron chi connectivity index (χ1n) is 11.0. The molecule has 0 spiro atoms. The average molecular weight is 442 g/mol. The molecule has 2 rings (SSSR count). The fourth-order valence-electron chi connectivity index (χ4n) is 3.21. The zero-order valence-electron chi connectivity index (χ0n) is 19.5. The van der Waals surface area contributed by atoms with Crippen LogP contribution in [0.5, 0.6) is 0 Å². The fourth-order valence-corrected chi connectivity index (χ4v) is 3.21. The summed E-state index contributed by atoms with van der Waals surface area (Å²) in [6.45, 7) is 10.4. The summed E-state index contributed by atoms with van der Waals surface area (Å²) in [5.41, 5.74) is -1.40. The summed E-state index contributed by atoms with van der Waals surface area (Å²) < 4.78 is 22.4. The highest BCUT2D eigenvalue weighted by Gasteiger charge is 2.35. The van der Waals surface area contributed by atoms with Gasteiger partial charge in [-0.2, -0.15) is 0 Å². The first-order chi connectivity index (χ1) is 14.5. The molecule has 0 saturated carbocycles. The number of nitrogens with zero attached hydrogens (tertiary/aromatic N) is 1. The Morgan fingerprint density at radius 3 is 2.58 bits per heavy atom. The van der Waals surface area contributed by atoms with Crippen molar-refractivity contribution in [1.82, 2.24) is 10.2 Å². The lowest BCUT2D eigenvalue weighted by Crippen LogP contribution is -2.56. The molecule has 2 saturated heterocycles. The molecule has 2 unspecified atom stereocenters. The van der Waals surface area contributed by atoms with Crippen molar-refractivity contribution in [2.24, 2.45) is 5.41 Å². The van der Waals surface area contributed by atoms with Gasteiger partial charge < -0.3 is 29.5 Å². The van der Waals surface area contributed by atoms with Crippen LogP contribution in [0.3, 0.4) is 0 Å². The lowest BCUT2D eigenvalue weighted by molar-refractivity contribution is -0.171. The third-order valence-electron chi connectivity index (χ3n) is 5.89. The Hall–Kier alpha value is -1.52. The molecular weight excluding hydrogens is 402 g/mol. The van der Waals surface area contributed by atoms with E-state index in [1.807, 2.05) is 25.8 Å². The second-order valence-electron chi connectivity index (χ2n) is 9.40. The number of ether oxygens (including phenoxy) is 4. The summed E-state index contributed by atoms with van der Waals surface area (Å²) >= 11 is 0. The highest BCUT2D eigenvalue weighted by molar-refractivity contribution is 5.98. The Bertz CT molecular complexity index is 637. The van der Waals surface area contributed by atoms with Gasteiger partial charge >= 0.3 is 0 Å². The lowest BCUT2D eigenvalue weighted by atomic mass is 9.88. The molecule has 178 valence electrons. The second-order valence-corrected chi connectivity index (χ2v) is 9.40. The average Bonchev–Trinajstić information content (AvgIpc) is 2.73. The van der Waals surface area contributed by atoms with Crippen LogP contribution in [-0.2, 0) is 23.7 Å². The van der Waals surface area contributed by atoms with Crippen LogP contribution in [0.15, 0.2) is 12.0 Å². The van der Waals surface area contributed by atoms with Gasteiger partial charge in [-0.1, -0.05) is 13.8 Å². The van der Waals surface area contributed by atoms with Crippen molar-refractivity contribution in [3.63, 3.8) is 0 Å². The number of carbonyl (C=O) groups excluding carboxylic acids is 1. The van der Waals surface area contributed by atoms with Gasteiger partial charge in [0.15, 0.2) is 12.2 Å². The number of hydrogen-bond acceptors (Lipinski definition) is 8. The van der Waals surface area contributed by atoms with Crippen LogP contribution in [0.1, 0.15) is 47.0 Å². The molecule has 9 heteroatoms. The predicted molar refractivity (Wildman–Crippen MR) is 117 cm³/mol. The molecule has 2 atom stereocenters. The van der Waals surface area contributed by atoms with E-state index in [1.54, 1.807) is 13.8 Å². The highest BCUT2D eigenvalue weighted by Crippen LogP contribution is 2.22. The zero-order valence-corrected chi connectivity index (χ0v) is 19.5. The monoisotopic (exact) mass is 441 g/mol. The van der Waals surface area contributed by atoms with E-state index < -0.39 is 11.0 Å². The van der Waals surface area contributed by atoms with Gasteiger partial charge in [0, 0.05) is 30.4 Å². The Balaban J connectivity index is 1.87. The maximum absolute atomic E-state index is 12.8. The topological polar surface area (TPSA) is 113 Å². The minimum Gasteiger partial charge on any atom is -0.494 e. The number of likely N-dealkylation sites (N-methyl/N-ethyl adjacent to an activating group) is 1. The van der Waals surface area contributed by atoms with Gasteiger partial charge in [0.25, 0.3) is 0 Å². The van der Waals surface area contributed by atoms with Crippen LogP contribution in [-0.4, -0.2) is 86.2 Å². The van der Waals surface area contributed by atoms with E-state index in [9.17, 15) is 9.90 Å². The molecule has 0 aromatic heterocycles. The largest absolute Gasteiger partial charge is 0.494 e. The van der Waals surface area contributed by atoms with E-state index in [1.165, 1.54) is 6.08 Å². The number of nitrogens with one attached hydrogen (secondary N) is 2. The summed E-state index contributed by atoms with van der Waals surface area (Å²) in [7, 11) is 1.83. The Kier molecular flexibility index (Phi) is 9.45. The Morgan fingerprint density at radius 2 is 1.97 bits per heavy atom. The lowest BCUT2D eigenvalue weighted by Gasteiger charge is -2.37. The quantitative estimate of drug-likeness (QED) is 0.352. The van der Waals surface area contributed by atoms with Crippen LogP contribution < -0.4 is 5.32 Å². The summed E-state index contributed by atoms with van der Waals surface area (Å²) in [6.07, 6.45) is 3.88. The number of aliphatic hydroxyl groups excluding tert-OH is 1. The fraction of sp³-hybridized carbons (Fsp3) is 0.818. The van der Waals surface area contributed by atoms with Crippen molar-refractivity contribution in [3.05, 3.63) is 12.0 Å². The first kappa shape index (κ1) is 25.7. The molecule has 0 aromatic rings. The Labute approximate surface area is 185 Å². The molecular formula is C22H39N3O6. The minimum absolute atomic E-state index is 0.0999. The minimum atomic E-state index is -0.901. The molecule has 31 heavy (non-hydrogen) atoms. The number of hydrogen-bond donors (Lipinski definition) is 3. The maximum Gasteiger partial charge on any atom is 0.246 e. The van der Waals surface area contributed by atoms with E-state index in [0.717, 1.165) is 19.3 Å². The Morgan fingerprint density at radius 1 is 1.23 bits per heavy atom. The van der Waals surface area contributed by atoms with Crippen LogP contribution in [0, 0.1) is 10.8 Å². The number of carbonyl (C=O) groups is 1.